The van der Waals surface area contributed by atoms with Gasteiger partial charge in [-0.05, 0) is 13.0 Å². The molecule has 1 aromatic heterocycles. The lowest BCUT2D eigenvalue weighted by molar-refractivity contribution is 0.251. The third-order valence-electron chi connectivity index (χ3n) is 1.68. The first-order valence-corrected chi connectivity index (χ1v) is 4.96. The highest BCUT2D eigenvalue weighted by Crippen LogP contribution is 2.13. The van der Waals surface area contributed by atoms with Gasteiger partial charge in [0.1, 0.15) is 6.07 Å². The van der Waals surface area contributed by atoms with E-state index in [1.54, 1.807) is 11.3 Å². The van der Waals surface area contributed by atoms with Crippen molar-refractivity contribution in [3.8, 4) is 6.07 Å². The molecule has 0 fully saturated rings. The van der Waals surface area contributed by atoms with Gasteiger partial charge in [-0.25, -0.2) is 0 Å². The fourth-order valence-electron chi connectivity index (χ4n) is 0.871. The van der Waals surface area contributed by atoms with E-state index in [0.717, 1.165) is 4.88 Å². The van der Waals surface area contributed by atoms with Crippen LogP contribution in [0, 0.1) is 11.3 Å². The maximum atomic E-state index is 8.75. The third kappa shape index (κ3) is 3.15. The molecular weight excluding hydrogens is 184 g/mol. The van der Waals surface area contributed by atoms with E-state index < -0.39 is 0 Å². The fourth-order valence-corrected chi connectivity index (χ4v) is 1.63. The standard InChI is InChI=1S/C9H12N2OS/c1-7(5-12)11-4-9-2-8(3-10)6-13-9/h2,6-7,11-12H,4-5H2,1H3/t7-/m0/s1. The van der Waals surface area contributed by atoms with Crippen molar-refractivity contribution >= 4 is 11.3 Å². The number of nitriles is 1. The Morgan fingerprint density at radius 2 is 2.54 bits per heavy atom. The topological polar surface area (TPSA) is 56.0 Å². The van der Waals surface area contributed by atoms with E-state index in [9.17, 15) is 0 Å². The Morgan fingerprint density at radius 3 is 3.08 bits per heavy atom. The van der Waals surface area contributed by atoms with Crippen LogP contribution in [0.5, 0.6) is 0 Å². The van der Waals surface area contributed by atoms with Gasteiger partial charge in [-0.15, -0.1) is 11.3 Å². The van der Waals surface area contributed by atoms with Crippen molar-refractivity contribution in [1.82, 2.24) is 5.32 Å². The highest BCUT2D eigenvalue weighted by atomic mass is 32.1. The van der Waals surface area contributed by atoms with E-state index in [4.69, 9.17) is 10.4 Å². The smallest absolute Gasteiger partial charge is 0.100 e. The van der Waals surface area contributed by atoms with E-state index in [2.05, 4.69) is 11.4 Å². The number of aliphatic hydroxyl groups is 1. The lowest BCUT2D eigenvalue weighted by Gasteiger charge is -2.08. The molecule has 0 aliphatic rings. The average Bonchev–Trinajstić information content (AvgIpc) is 2.61. The van der Waals surface area contributed by atoms with Gasteiger partial charge in [-0.3, -0.25) is 0 Å². The van der Waals surface area contributed by atoms with Gasteiger partial charge in [0, 0.05) is 22.8 Å². The second-order valence-electron chi connectivity index (χ2n) is 2.88. The maximum Gasteiger partial charge on any atom is 0.100 e. The number of thiophene rings is 1. The summed E-state index contributed by atoms with van der Waals surface area (Å²) < 4.78 is 0. The highest BCUT2D eigenvalue weighted by molar-refractivity contribution is 7.10. The minimum atomic E-state index is 0.104. The summed E-state index contributed by atoms with van der Waals surface area (Å²) in [5.74, 6) is 0. The predicted octanol–water partition coefficient (Wildman–Crippen LogP) is 1.09. The van der Waals surface area contributed by atoms with Crippen LogP contribution in [0.3, 0.4) is 0 Å². The molecule has 0 saturated heterocycles. The number of rotatable bonds is 4. The van der Waals surface area contributed by atoms with E-state index in [1.807, 2.05) is 18.4 Å². The number of hydrogen-bond acceptors (Lipinski definition) is 4. The monoisotopic (exact) mass is 196 g/mol. The Kier molecular flexibility index (Phi) is 3.90. The summed E-state index contributed by atoms with van der Waals surface area (Å²) in [4.78, 5) is 1.12. The van der Waals surface area contributed by atoms with E-state index in [1.165, 1.54) is 0 Å². The lowest BCUT2D eigenvalue weighted by atomic mass is 10.3. The molecule has 1 atom stereocenters. The molecule has 0 aromatic carbocycles. The summed E-state index contributed by atoms with van der Waals surface area (Å²) in [5, 5.41) is 22.3. The molecule has 0 saturated carbocycles. The molecule has 0 aliphatic heterocycles. The number of nitrogens with zero attached hydrogens (tertiary/aromatic N) is 1. The second kappa shape index (κ2) is 4.97. The van der Waals surface area contributed by atoms with Crippen LogP contribution in [0.25, 0.3) is 0 Å². The zero-order valence-corrected chi connectivity index (χ0v) is 8.27. The van der Waals surface area contributed by atoms with Crippen molar-refractivity contribution < 1.29 is 5.11 Å². The summed E-state index contributed by atoms with van der Waals surface area (Å²) in [6.45, 7) is 2.77. The molecule has 3 nitrogen and oxygen atoms in total. The first-order chi connectivity index (χ1) is 6.26. The first-order valence-electron chi connectivity index (χ1n) is 4.08. The summed E-state index contributed by atoms with van der Waals surface area (Å²) in [6.07, 6.45) is 0. The van der Waals surface area contributed by atoms with Crippen molar-refractivity contribution in [1.29, 1.82) is 5.26 Å². The van der Waals surface area contributed by atoms with Gasteiger partial charge in [-0.1, -0.05) is 0 Å². The number of aliphatic hydroxyl groups excluding tert-OH is 1. The molecule has 0 aliphatic carbocycles. The SMILES string of the molecule is C[C@@H](CO)NCc1cc(C#N)cs1. The molecule has 0 radical (unpaired) electrons. The molecule has 1 aromatic rings. The molecule has 2 N–H and O–H groups in total. The van der Waals surface area contributed by atoms with E-state index in [0.29, 0.717) is 12.1 Å². The van der Waals surface area contributed by atoms with Crippen LogP contribution in [0.2, 0.25) is 0 Å². The summed E-state index contributed by atoms with van der Waals surface area (Å²) in [6, 6.07) is 4.05. The Balaban J connectivity index is 2.42. The predicted molar refractivity (Wildman–Crippen MR) is 52.4 cm³/mol. The largest absolute Gasteiger partial charge is 0.395 e. The second-order valence-corrected chi connectivity index (χ2v) is 3.87. The quantitative estimate of drug-likeness (QED) is 0.758. The summed E-state index contributed by atoms with van der Waals surface area (Å²) >= 11 is 1.56. The molecule has 0 bridgehead atoms. The summed E-state index contributed by atoms with van der Waals surface area (Å²) in [7, 11) is 0. The third-order valence-corrected chi connectivity index (χ3v) is 2.62. The van der Waals surface area contributed by atoms with E-state index >= 15 is 0 Å². The van der Waals surface area contributed by atoms with Crippen LogP contribution in [-0.2, 0) is 6.54 Å². The zero-order valence-electron chi connectivity index (χ0n) is 7.45. The average molecular weight is 196 g/mol. The van der Waals surface area contributed by atoms with Crippen LogP contribution in [-0.4, -0.2) is 17.8 Å². The number of nitrogens with one attached hydrogen (secondary N) is 1. The Bertz CT molecular complexity index is 303. The molecular formula is C9H12N2OS. The molecule has 0 spiro atoms. The zero-order chi connectivity index (χ0) is 9.68. The van der Waals surface area contributed by atoms with Gasteiger partial charge in [0.25, 0.3) is 0 Å². The van der Waals surface area contributed by atoms with Gasteiger partial charge in [-0.2, -0.15) is 5.26 Å². The summed E-state index contributed by atoms with van der Waals surface area (Å²) in [5.41, 5.74) is 0.707. The van der Waals surface area contributed by atoms with Crippen molar-refractivity contribution in [3.05, 3.63) is 21.9 Å². The minimum absolute atomic E-state index is 0.104. The van der Waals surface area contributed by atoms with Crippen molar-refractivity contribution in [2.45, 2.75) is 19.5 Å². The van der Waals surface area contributed by atoms with Crippen LogP contribution in [0.1, 0.15) is 17.4 Å². The molecule has 1 heterocycles. The Morgan fingerprint density at radius 1 is 1.77 bits per heavy atom. The van der Waals surface area contributed by atoms with Crippen LogP contribution < -0.4 is 5.32 Å². The van der Waals surface area contributed by atoms with Gasteiger partial charge >= 0.3 is 0 Å². The molecule has 1 rings (SSSR count). The molecule has 0 unspecified atom stereocenters. The highest BCUT2D eigenvalue weighted by Gasteiger charge is 2.01. The lowest BCUT2D eigenvalue weighted by Crippen LogP contribution is -2.28. The van der Waals surface area contributed by atoms with Gasteiger partial charge < -0.3 is 10.4 Å². The Labute approximate surface area is 81.6 Å². The normalized spacial score (nSPS) is 12.4. The molecule has 0 amide bonds. The van der Waals surface area contributed by atoms with Gasteiger partial charge in [0.15, 0.2) is 0 Å². The molecule has 70 valence electrons. The first kappa shape index (κ1) is 10.2. The number of hydrogen-bond donors (Lipinski definition) is 2. The van der Waals surface area contributed by atoms with Crippen LogP contribution in [0.4, 0.5) is 0 Å². The minimum Gasteiger partial charge on any atom is -0.395 e. The van der Waals surface area contributed by atoms with Crippen LogP contribution in [0.15, 0.2) is 11.4 Å². The van der Waals surface area contributed by atoms with Crippen LogP contribution >= 0.6 is 11.3 Å². The van der Waals surface area contributed by atoms with Gasteiger partial charge in [0.05, 0.1) is 12.2 Å². The van der Waals surface area contributed by atoms with Crippen molar-refractivity contribution in [2.75, 3.05) is 6.61 Å². The molecule has 13 heavy (non-hydrogen) atoms. The fraction of sp³-hybridized carbons (Fsp3) is 0.444. The van der Waals surface area contributed by atoms with Crippen molar-refractivity contribution in [2.24, 2.45) is 0 Å². The van der Waals surface area contributed by atoms with Crippen molar-refractivity contribution in [3.63, 3.8) is 0 Å². The molecule has 4 heteroatoms. The van der Waals surface area contributed by atoms with E-state index in [-0.39, 0.29) is 12.6 Å². The maximum absolute atomic E-state index is 8.75. The Hall–Kier alpha value is -0.890. The van der Waals surface area contributed by atoms with Gasteiger partial charge in [0.2, 0.25) is 0 Å².